The number of hydrogen-bond acceptors (Lipinski definition) is 4. The number of methoxy groups -OCH3 is 1. The maximum atomic E-state index is 11.4. The number of benzene rings is 3. The van der Waals surface area contributed by atoms with Crippen molar-refractivity contribution in [3.8, 4) is 5.75 Å². The van der Waals surface area contributed by atoms with Crippen LogP contribution in [0.15, 0.2) is 72.8 Å². The Balaban J connectivity index is 1.36. The minimum atomic E-state index is -0.318. The molecule has 184 valence electrons. The fourth-order valence-electron chi connectivity index (χ4n) is 6.54. The maximum absolute atomic E-state index is 11.4. The highest BCUT2D eigenvalue weighted by Gasteiger charge is 2.48. The van der Waals surface area contributed by atoms with E-state index in [0.717, 1.165) is 62.0 Å². The molecule has 1 fully saturated rings. The largest absolute Gasteiger partial charge is 0.497 e. The van der Waals surface area contributed by atoms with Gasteiger partial charge in [0.1, 0.15) is 5.75 Å². The van der Waals surface area contributed by atoms with Gasteiger partial charge in [0, 0.05) is 41.7 Å². The second kappa shape index (κ2) is 9.10. The Bertz CT molecular complexity index is 1410. The van der Waals surface area contributed by atoms with Gasteiger partial charge in [0.15, 0.2) is 0 Å². The van der Waals surface area contributed by atoms with Crippen molar-refractivity contribution in [3.63, 3.8) is 0 Å². The van der Waals surface area contributed by atoms with Crippen LogP contribution in [-0.4, -0.2) is 41.6 Å². The number of nitrogens with zero attached hydrogens (tertiary/aromatic N) is 2. The predicted molar refractivity (Wildman–Crippen MR) is 142 cm³/mol. The lowest BCUT2D eigenvalue weighted by atomic mass is 9.58. The Kier molecular flexibility index (Phi) is 5.76. The van der Waals surface area contributed by atoms with Crippen molar-refractivity contribution in [3.05, 3.63) is 105 Å². The van der Waals surface area contributed by atoms with Crippen LogP contribution >= 0.6 is 0 Å². The number of nitro benzene ring substituents is 1. The highest BCUT2D eigenvalue weighted by molar-refractivity contribution is 5.87. The molecule has 2 aliphatic rings. The van der Waals surface area contributed by atoms with Crippen molar-refractivity contribution in [1.29, 1.82) is 0 Å². The van der Waals surface area contributed by atoms with Crippen molar-refractivity contribution < 1.29 is 9.66 Å². The van der Waals surface area contributed by atoms with Gasteiger partial charge in [-0.15, -0.1) is 0 Å². The van der Waals surface area contributed by atoms with Crippen LogP contribution in [0.2, 0.25) is 0 Å². The number of rotatable bonds is 6. The van der Waals surface area contributed by atoms with E-state index in [1.54, 1.807) is 19.2 Å². The topological polar surface area (TPSA) is 71.4 Å². The molecular formula is C30H31N3O3. The van der Waals surface area contributed by atoms with Gasteiger partial charge in [-0.05, 0) is 73.0 Å². The molecule has 0 radical (unpaired) electrons. The first kappa shape index (κ1) is 22.8. The second-order valence-electron chi connectivity index (χ2n) is 10.3. The molecule has 36 heavy (non-hydrogen) atoms. The normalized spacial score (nSPS) is 21.6. The number of fused-ring (bicyclic) bond motifs is 4. The minimum Gasteiger partial charge on any atom is -0.497 e. The van der Waals surface area contributed by atoms with Crippen molar-refractivity contribution in [2.24, 2.45) is 5.92 Å². The molecule has 2 atom stereocenters. The molecule has 1 aliphatic heterocycles. The van der Waals surface area contributed by atoms with Gasteiger partial charge in [-0.25, -0.2) is 0 Å². The molecular weight excluding hydrogens is 450 g/mol. The zero-order valence-electron chi connectivity index (χ0n) is 20.6. The predicted octanol–water partition coefficient (Wildman–Crippen LogP) is 5.69. The summed E-state index contributed by atoms with van der Waals surface area (Å²) in [5, 5.41) is 12.5. The fourth-order valence-corrected chi connectivity index (χ4v) is 6.54. The van der Waals surface area contributed by atoms with Gasteiger partial charge >= 0.3 is 0 Å². The summed E-state index contributed by atoms with van der Waals surface area (Å²) in [5.41, 5.74) is 6.28. The molecule has 0 spiro atoms. The number of piperidine rings is 1. The SMILES string of the molecule is COc1cccc([C@]23CCN(CCc4ccccc4)CC2Cc2c([nH]c4cc([N+](=O)[O-])ccc24)C3)c1. The van der Waals surface area contributed by atoms with E-state index in [1.165, 1.54) is 22.4 Å². The van der Waals surface area contributed by atoms with E-state index >= 15 is 0 Å². The van der Waals surface area contributed by atoms with Crippen LogP contribution in [0.25, 0.3) is 10.9 Å². The fraction of sp³-hybridized carbons (Fsp3) is 0.333. The van der Waals surface area contributed by atoms with Gasteiger partial charge in [-0.3, -0.25) is 10.1 Å². The number of aromatic amines is 1. The number of nitro groups is 1. The van der Waals surface area contributed by atoms with Crippen LogP contribution in [0, 0.1) is 16.0 Å². The molecule has 3 aromatic carbocycles. The Morgan fingerprint density at radius 1 is 1.11 bits per heavy atom. The lowest BCUT2D eigenvalue weighted by Gasteiger charge is -2.51. The third-order valence-electron chi connectivity index (χ3n) is 8.47. The molecule has 1 unspecified atom stereocenters. The van der Waals surface area contributed by atoms with E-state index in [0.29, 0.717) is 5.92 Å². The van der Waals surface area contributed by atoms with Gasteiger partial charge in [-0.2, -0.15) is 0 Å². The van der Waals surface area contributed by atoms with Gasteiger partial charge in [-0.1, -0.05) is 42.5 Å². The molecule has 1 aromatic heterocycles. The third kappa shape index (κ3) is 3.95. The first-order valence-corrected chi connectivity index (χ1v) is 12.7. The van der Waals surface area contributed by atoms with E-state index in [2.05, 4.69) is 58.4 Å². The Morgan fingerprint density at radius 3 is 2.78 bits per heavy atom. The number of aromatic nitrogens is 1. The molecule has 6 nitrogen and oxygen atoms in total. The molecule has 1 N–H and O–H groups in total. The number of likely N-dealkylation sites (tertiary alicyclic amines) is 1. The van der Waals surface area contributed by atoms with Crippen LogP contribution in [0.3, 0.4) is 0 Å². The molecule has 6 heteroatoms. The van der Waals surface area contributed by atoms with Gasteiger partial charge in [0.25, 0.3) is 5.69 Å². The maximum Gasteiger partial charge on any atom is 0.271 e. The van der Waals surface area contributed by atoms with E-state index in [4.69, 9.17) is 4.74 Å². The highest BCUT2D eigenvalue weighted by atomic mass is 16.6. The number of hydrogen-bond donors (Lipinski definition) is 1. The van der Waals surface area contributed by atoms with Gasteiger partial charge in [0.05, 0.1) is 17.5 Å². The third-order valence-corrected chi connectivity index (χ3v) is 8.47. The Hall–Kier alpha value is -3.64. The second-order valence-corrected chi connectivity index (χ2v) is 10.3. The minimum absolute atomic E-state index is 0.0115. The lowest BCUT2D eigenvalue weighted by molar-refractivity contribution is -0.384. The highest BCUT2D eigenvalue weighted by Crippen LogP contribution is 2.49. The molecule has 0 saturated carbocycles. The summed E-state index contributed by atoms with van der Waals surface area (Å²) in [6, 6.07) is 24.6. The molecule has 1 saturated heterocycles. The Morgan fingerprint density at radius 2 is 1.97 bits per heavy atom. The first-order chi connectivity index (χ1) is 17.6. The molecule has 0 amide bonds. The zero-order chi connectivity index (χ0) is 24.7. The molecule has 2 heterocycles. The van der Waals surface area contributed by atoms with E-state index in [1.807, 2.05) is 12.1 Å². The standard InChI is InChI=1S/C30H31N3O3/c1-36-25-9-5-8-22(16-25)30-13-15-32(14-12-21-6-3-2-4-7-21)20-23(30)17-27-26-11-10-24(33(34)35)18-28(26)31-29(27)19-30/h2-11,16,18,23,31H,12-15,17,19-20H2,1H3/t23?,30-/m1/s1. The average molecular weight is 482 g/mol. The average Bonchev–Trinajstić information content (AvgIpc) is 3.27. The van der Waals surface area contributed by atoms with E-state index < -0.39 is 0 Å². The van der Waals surface area contributed by atoms with Crippen LogP contribution < -0.4 is 4.74 Å². The Labute approximate surface area is 211 Å². The first-order valence-electron chi connectivity index (χ1n) is 12.7. The number of nitrogens with one attached hydrogen (secondary N) is 1. The summed E-state index contributed by atoms with van der Waals surface area (Å²) in [5.74, 6) is 1.35. The van der Waals surface area contributed by atoms with Crippen molar-refractivity contribution in [2.45, 2.75) is 31.1 Å². The van der Waals surface area contributed by atoms with Crippen molar-refractivity contribution in [1.82, 2.24) is 9.88 Å². The van der Waals surface area contributed by atoms with E-state index in [9.17, 15) is 10.1 Å². The van der Waals surface area contributed by atoms with Crippen LogP contribution in [-0.2, 0) is 24.7 Å². The van der Waals surface area contributed by atoms with Gasteiger partial charge in [0.2, 0.25) is 0 Å². The monoisotopic (exact) mass is 481 g/mol. The molecule has 4 aromatic rings. The number of H-pyrrole nitrogens is 1. The number of non-ortho nitro benzene ring substituents is 1. The van der Waals surface area contributed by atoms with Crippen molar-refractivity contribution in [2.75, 3.05) is 26.7 Å². The summed E-state index contributed by atoms with van der Waals surface area (Å²) in [7, 11) is 1.73. The summed E-state index contributed by atoms with van der Waals surface area (Å²) < 4.78 is 5.60. The van der Waals surface area contributed by atoms with E-state index in [-0.39, 0.29) is 16.0 Å². The van der Waals surface area contributed by atoms with Crippen LogP contribution in [0.1, 0.15) is 28.8 Å². The summed E-state index contributed by atoms with van der Waals surface area (Å²) >= 11 is 0. The molecule has 6 rings (SSSR count). The van der Waals surface area contributed by atoms with Crippen LogP contribution in [0.5, 0.6) is 5.75 Å². The van der Waals surface area contributed by atoms with Gasteiger partial charge < -0.3 is 14.6 Å². The lowest BCUT2D eigenvalue weighted by Crippen LogP contribution is -2.54. The molecule has 0 bridgehead atoms. The summed E-state index contributed by atoms with van der Waals surface area (Å²) in [6.07, 6.45) is 4.01. The smallest absolute Gasteiger partial charge is 0.271 e. The number of ether oxygens (including phenoxy) is 1. The van der Waals surface area contributed by atoms with Crippen LogP contribution in [0.4, 0.5) is 5.69 Å². The molecule has 1 aliphatic carbocycles. The van der Waals surface area contributed by atoms with Crippen molar-refractivity contribution >= 4 is 16.6 Å². The quantitative estimate of drug-likeness (QED) is 0.284. The zero-order valence-corrected chi connectivity index (χ0v) is 20.6. The summed E-state index contributed by atoms with van der Waals surface area (Å²) in [4.78, 5) is 17.2. The summed E-state index contributed by atoms with van der Waals surface area (Å²) in [6.45, 7) is 3.16.